The second-order valence-corrected chi connectivity index (χ2v) is 12.2. The van der Waals surface area contributed by atoms with E-state index in [1.807, 2.05) is 6.92 Å². The van der Waals surface area contributed by atoms with Gasteiger partial charge in [0.05, 0.1) is 12.0 Å². The normalized spacial score (nSPS) is 27.5. The van der Waals surface area contributed by atoms with E-state index in [2.05, 4.69) is 0 Å². The number of hydrogen-bond donors (Lipinski definition) is 3. The molecule has 1 aliphatic carbocycles. The third-order valence-electron chi connectivity index (χ3n) is 9.78. The summed E-state index contributed by atoms with van der Waals surface area (Å²) in [5.41, 5.74) is -3.02. The Kier molecular flexibility index (Phi) is 9.05. The zero-order valence-corrected chi connectivity index (χ0v) is 23.8. The number of carboxylic acids is 1. The van der Waals surface area contributed by atoms with Crippen LogP contribution in [-0.4, -0.2) is 40.0 Å². The number of carboxylic acid groups (broad SMARTS) is 1. The van der Waals surface area contributed by atoms with E-state index in [0.29, 0.717) is 36.8 Å². The number of alkyl halides is 5. The Morgan fingerprint density at radius 1 is 0.857 bits per heavy atom. The van der Waals surface area contributed by atoms with Gasteiger partial charge in [0.2, 0.25) is 0 Å². The zero-order chi connectivity index (χ0) is 30.8. The van der Waals surface area contributed by atoms with Gasteiger partial charge in [-0.05, 0) is 49.4 Å². The highest BCUT2D eigenvalue weighted by Crippen LogP contribution is 2.65. The summed E-state index contributed by atoms with van der Waals surface area (Å²) in [5, 5.41) is 31.6. The first-order chi connectivity index (χ1) is 19.7. The highest BCUT2D eigenvalue weighted by Gasteiger charge is 2.67. The van der Waals surface area contributed by atoms with Gasteiger partial charge in [-0.25, -0.2) is 0 Å². The van der Waals surface area contributed by atoms with Crippen molar-refractivity contribution in [1.29, 1.82) is 0 Å². The molecule has 1 heterocycles. The molecule has 0 amide bonds. The van der Waals surface area contributed by atoms with Crippen molar-refractivity contribution in [3.63, 3.8) is 0 Å². The second kappa shape index (κ2) is 11.9. The summed E-state index contributed by atoms with van der Waals surface area (Å²) < 4.78 is 73.9. The zero-order valence-electron chi connectivity index (χ0n) is 23.8. The van der Waals surface area contributed by atoms with E-state index in [4.69, 9.17) is 4.74 Å². The first kappa shape index (κ1) is 31.9. The number of hydrogen-bond acceptors (Lipinski definition) is 4. The summed E-state index contributed by atoms with van der Waals surface area (Å²) in [4.78, 5) is 13.8. The van der Waals surface area contributed by atoms with Crippen molar-refractivity contribution in [2.45, 2.75) is 107 Å². The molecule has 232 valence electrons. The molecule has 0 saturated heterocycles. The number of halogens is 5. The molecule has 3 atom stereocenters. The van der Waals surface area contributed by atoms with Gasteiger partial charge in [0.1, 0.15) is 17.2 Å². The van der Waals surface area contributed by atoms with Crippen LogP contribution < -0.4 is 4.74 Å². The lowest BCUT2D eigenvalue weighted by Gasteiger charge is -2.61. The summed E-state index contributed by atoms with van der Waals surface area (Å²) in [7, 11) is 0. The lowest BCUT2D eigenvalue weighted by Crippen LogP contribution is -2.65. The first-order valence-corrected chi connectivity index (χ1v) is 14.6. The summed E-state index contributed by atoms with van der Waals surface area (Å²) in [6, 6.07) is 10.8. The monoisotopic (exact) mass is 598 g/mol. The van der Waals surface area contributed by atoms with Crippen molar-refractivity contribution in [2.24, 2.45) is 5.41 Å². The van der Waals surface area contributed by atoms with Crippen LogP contribution in [0.3, 0.4) is 0 Å². The van der Waals surface area contributed by atoms with Crippen LogP contribution in [0.4, 0.5) is 22.0 Å². The minimum absolute atomic E-state index is 0.000211. The fraction of sp³-hybridized carbons (Fsp3) is 0.594. The Balaban J connectivity index is 2.01. The van der Waals surface area contributed by atoms with Crippen LogP contribution in [0.1, 0.15) is 95.1 Å². The van der Waals surface area contributed by atoms with Gasteiger partial charge in [-0.3, -0.25) is 4.79 Å². The van der Waals surface area contributed by atoms with Crippen LogP contribution in [0.15, 0.2) is 42.5 Å². The fourth-order valence-electron chi connectivity index (χ4n) is 7.62. The van der Waals surface area contributed by atoms with Crippen LogP contribution in [0, 0.1) is 5.41 Å². The van der Waals surface area contributed by atoms with E-state index in [1.165, 1.54) is 24.3 Å². The van der Waals surface area contributed by atoms with Gasteiger partial charge < -0.3 is 20.1 Å². The summed E-state index contributed by atoms with van der Waals surface area (Å²) in [6.07, 6.45) is -2.58. The number of aliphatic carboxylic acids is 1. The Labute approximate surface area is 242 Å². The van der Waals surface area contributed by atoms with Gasteiger partial charge in [-0.2, -0.15) is 22.0 Å². The number of phenolic OH excluding ortho intramolecular Hbond substituents is 2. The van der Waals surface area contributed by atoms with E-state index < -0.39 is 53.6 Å². The largest absolute Gasteiger partial charge is 0.508 e. The smallest absolute Gasteiger partial charge is 0.453 e. The van der Waals surface area contributed by atoms with Crippen LogP contribution in [0.5, 0.6) is 17.2 Å². The number of ether oxygens (including phenoxy) is 1. The topological polar surface area (TPSA) is 87.0 Å². The van der Waals surface area contributed by atoms with E-state index >= 15 is 0 Å². The molecule has 5 nitrogen and oxygen atoms in total. The highest BCUT2D eigenvalue weighted by atomic mass is 19.4. The minimum Gasteiger partial charge on any atom is -0.508 e. The molecule has 2 aliphatic rings. The molecule has 10 heteroatoms. The Hall–Kier alpha value is -3.04. The summed E-state index contributed by atoms with van der Waals surface area (Å²) in [5.74, 6) is -6.03. The SMILES string of the molecule is CC1(c2ccc(O)cc2)COc2cc(O)ccc2C12CCCCCCCCCC2(CCCC(F)(F)C(F)(F)F)C(=O)O. The lowest BCUT2D eigenvalue weighted by atomic mass is 9.42. The quantitative estimate of drug-likeness (QED) is 0.290. The molecular formula is C32H39F5O5. The molecule has 1 spiro atoms. The summed E-state index contributed by atoms with van der Waals surface area (Å²) in [6.45, 7) is 1.83. The van der Waals surface area contributed by atoms with Gasteiger partial charge >= 0.3 is 18.1 Å². The van der Waals surface area contributed by atoms with E-state index in [1.54, 1.807) is 18.2 Å². The van der Waals surface area contributed by atoms with Crippen molar-refractivity contribution in [3.05, 3.63) is 53.6 Å². The molecule has 42 heavy (non-hydrogen) atoms. The van der Waals surface area contributed by atoms with Gasteiger partial charge in [-0.1, -0.05) is 70.1 Å². The molecule has 1 fully saturated rings. The number of rotatable bonds is 6. The molecule has 2 aromatic rings. The third-order valence-corrected chi connectivity index (χ3v) is 9.78. The number of fused-ring (bicyclic) bond motifs is 2. The third kappa shape index (κ3) is 5.53. The van der Waals surface area contributed by atoms with Crippen molar-refractivity contribution < 1.29 is 46.8 Å². The molecule has 1 saturated carbocycles. The predicted octanol–water partition coefficient (Wildman–Crippen LogP) is 8.65. The molecule has 3 unspecified atom stereocenters. The second-order valence-electron chi connectivity index (χ2n) is 12.2. The average Bonchev–Trinajstić information content (AvgIpc) is 2.95. The average molecular weight is 599 g/mol. The van der Waals surface area contributed by atoms with Crippen LogP contribution in [0.25, 0.3) is 0 Å². The highest BCUT2D eigenvalue weighted by molar-refractivity contribution is 5.79. The minimum atomic E-state index is -5.74. The van der Waals surface area contributed by atoms with Gasteiger partial charge in [-0.15, -0.1) is 0 Å². The fourth-order valence-corrected chi connectivity index (χ4v) is 7.62. The van der Waals surface area contributed by atoms with Crippen molar-refractivity contribution >= 4 is 5.97 Å². The lowest BCUT2D eigenvalue weighted by molar-refractivity contribution is -0.285. The maximum absolute atomic E-state index is 14.2. The molecular weight excluding hydrogens is 559 g/mol. The van der Waals surface area contributed by atoms with E-state index in [9.17, 15) is 42.1 Å². The molecule has 0 radical (unpaired) electrons. The Morgan fingerprint density at radius 2 is 1.43 bits per heavy atom. The van der Waals surface area contributed by atoms with Crippen molar-refractivity contribution in [1.82, 2.24) is 0 Å². The van der Waals surface area contributed by atoms with Crippen LogP contribution >= 0.6 is 0 Å². The molecule has 4 rings (SSSR count). The van der Waals surface area contributed by atoms with Crippen molar-refractivity contribution in [3.8, 4) is 17.2 Å². The maximum Gasteiger partial charge on any atom is 0.453 e. The standard InChI is InChI=1S/C32H39F5O5/c1-28(22-10-12-23(38)13-11-22)21-42-26-20-24(39)14-15-25(26)30(28)18-8-6-4-2-3-5-7-16-29(30,27(40)41)17-9-19-31(33,34)32(35,36)37/h10-15,20,38-39H,2-9,16-19,21H2,1H3,(H,40,41). The van der Waals surface area contributed by atoms with Gasteiger partial charge in [0.25, 0.3) is 0 Å². The molecule has 2 aromatic carbocycles. The maximum atomic E-state index is 14.2. The van der Waals surface area contributed by atoms with E-state index in [-0.39, 0.29) is 30.3 Å². The molecule has 3 N–H and O–H groups in total. The molecule has 1 aliphatic heterocycles. The van der Waals surface area contributed by atoms with E-state index in [0.717, 1.165) is 25.7 Å². The number of benzene rings is 2. The molecule has 0 bridgehead atoms. The first-order valence-electron chi connectivity index (χ1n) is 14.6. The summed E-state index contributed by atoms with van der Waals surface area (Å²) >= 11 is 0. The Bertz CT molecular complexity index is 1250. The number of phenols is 2. The molecule has 0 aromatic heterocycles. The number of carbonyl (C=O) groups is 1. The van der Waals surface area contributed by atoms with Crippen molar-refractivity contribution in [2.75, 3.05) is 6.61 Å². The van der Waals surface area contributed by atoms with Crippen LogP contribution in [0.2, 0.25) is 0 Å². The predicted molar refractivity (Wildman–Crippen MR) is 147 cm³/mol. The van der Waals surface area contributed by atoms with Crippen LogP contribution in [-0.2, 0) is 15.6 Å². The van der Waals surface area contributed by atoms with Gasteiger partial charge in [0.15, 0.2) is 0 Å². The van der Waals surface area contributed by atoms with Gasteiger partial charge in [0, 0.05) is 28.9 Å². The Morgan fingerprint density at radius 3 is 2.02 bits per heavy atom. The number of aromatic hydroxyl groups is 2.